The maximum Gasteiger partial charge on any atom is 0.271 e. The monoisotopic (exact) mass is 328 g/mol. The van der Waals surface area contributed by atoms with E-state index in [4.69, 9.17) is 9.47 Å². The summed E-state index contributed by atoms with van der Waals surface area (Å²) in [6, 6.07) is 11.6. The fraction of sp³-hybridized carbons (Fsp3) is 0.235. The Kier molecular flexibility index (Phi) is 4.33. The van der Waals surface area contributed by atoms with Crippen LogP contribution in [-0.4, -0.2) is 30.6 Å². The van der Waals surface area contributed by atoms with E-state index in [0.717, 1.165) is 5.56 Å². The Balaban J connectivity index is 1.75. The topological polar surface area (TPSA) is 81.9 Å². The van der Waals surface area contributed by atoms with Gasteiger partial charge in [0.2, 0.25) is 0 Å². The lowest BCUT2D eigenvalue weighted by Crippen LogP contribution is -2.40. The van der Waals surface area contributed by atoms with Crippen LogP contribution < -0.4 is 14.4 Å². The summed E-state index contributed by atoms with van der Waals surface area (Å²) in [5.41, 5.74) is 1.41. The summed E-state index contributed by atoms with van der Waals surface area (Å²) in [7, 11) is 0. The Morgan fingerprint density at radius 3 is 2.75 bits per heavy atom. The summed E-state index contributed by atoms with van der Waals surface area (Å²) in [6.07, 6.45) is 0. The van der Waals surface area contributed by atoms with Crippen molar-refractivity contribution in [3.05, 3.63) is 58.1 Å². The molecule has 24 heavy (non-hydrogen) atoms. The Labute approximate surface area is 138 Å². The number of nitrogens with zero attached hydrogens (tertiary/aromatic N) is 2. The predicted molar refractivity (Wildman–Crippen MR) is 87.6 cm³/mol. The molecule has 0 fully saturated rings. The Morgan fingerprint density at radius 2 is 2.04 bits per heavy atom. The molecule has 0 radical (unpaired) electrons. The van der Waals surface area contributed by atoms with E-state index in [1.807, 2.05) is 19.1 Å². The second-order valence-electron chi connectivity index (χ2n) is 5.40. The summed E-state index contributed by atoms with van der Waals surface area (Å²) in [5.74, 6) is 0.776. The number of aryl methyl sites for hydroxylation is 1. The van der Waals surface area contributed by atoms with E-state index in [2.05, 4.69) is 0 Å². The number of carbonyl (C=O) groups excluding carboxylic acids is 1. The molecule has 0 saturated heterocycles. The van der Waals surface area contributed by atoms with E-state index in [0.29, 0.717) is 30.3 Å². The van der Waals surface area contributed by atoms with E-state index in [-0.39, 0.29) is 18.2 Å². The Hall–Kier alpha value is -3.09. The lowest BCUT2D eigenvalue weighted by Gasteiger charge is -2.29. The predicted octanol–water partition coefficient (Wildman–Crippen LogP) is 2.71. The van der Waals surface area contributed by atoms with Crippen LogP contribution in [0.25, 0.3) is 0 Å². The first-order valence-electron chi connectivity index (χ1n) is 7.45. The highest BCUT2D eigenvalue weighted by atomic mass is 16.6. The number of ether oxygens (including phenoxy) is 2. The molecule has 124 valence electrons. The van der Waals surface area contributed by atoms with Gasteiger partial charge in [0.05, 0.1) is 17.2 Å². The van der Waals surface area contributed by atoms with Crippen LogP contribution in [0.15, 0.2) is 42.5 Å². The lowest BCUT2D eigenvalue weighted by atomic mass is 10.2. The third-order valence-corrected chi connectivity index (χ3v) is 3.70. The zero-order valence-corrected chi connectivity index (χ0v) is 13.1. The highest BCUT2D eigenvalue weighted by Crippen LogP contribution is 2.34. The fourth-order valence-corrected chi connectivity index (χ4v) is 2.44. The minimum atomic E-state index is -0.500. The van der Waals surface area contributed by atoms with Crippen molar-refractivity contribution >= 4 is 17.3 Å². The number of benzene rings is 2. The Morgan fingerprint density at radius 1 is 1.29 bits per heavy atom. The molecule has 2 aromatic carbocycles. The van der Waals surface area contributed by atoms with Crippen LogP contribution in [0, 0.1) is 17.0 Å². The number of nitro groups is 1. The average Bonchev–Trinajstić information content (AvgIpc) is 2.60. The SMILES string of the molecule is Cc1ccc(OCC(=O)N2CCOc3ccc([N+](=O)[O-])cc32)cc1. The highest BCUT2D eigenvalue weighted by molar-refractivity contribution is 5.96. The standard InChI is InChI=1S/C17H16N2O5/c1-12-2-5-14(6-3-12)24-11-17(20)18-8-9-23-16-7-4-13(19(21)22)10-15(16)18/h2-7,10H,8-9,11H2,1H3. The van der Waals surface area contributed by atoms with Gasteiger partial charge in [-0.2, -0.15) is 0 Å². The minimum absolute atomic E-state index is 0.0866. The van der Waals surface area contributed by atoms with Gasteiger partial charge in [0.1, 0.15) is 18.1 Å². The molecule has 3 rings (SSSR count). The van der Waals surface area contributed by atoms with Gasteiger partial charge in [-0.25, -0.2) is 0 Å². The Bertz CT molecular complexity index is 773. The number of fused-ring (bicyclic) bond motifs is 1. The van der Waals surface area contributed by atoms with Crippen LogP contribution in [-0.2, 0) is 4.79 Å². The van der Waals surface area contributed by atoms with Crippen molar-refractivity contribution < 1.29 is 19.2 Å². The van der Waals surface area contributed by atoms with Gasteiger partial charge < -0.3 is 14.4 Å². The number of nitro benzene ring substituents is 1. The summed E-state index contributed by atoms with van der Waals surface area (Å²) in [5, 5.41) is 10.9. The molecule has 0 bridgehead atoms. The molecule has 1 aliphatic rings. The van der Waals surface area contributed by atoms with E-state index < -0.39 is 4.92 Å². The van der Waals surface area contributed by atoms with Crippen molar-refractivity contribution in [2.45, 2.75) is 6.92 Å². The average molecular weight is 328 g/mol. The molecule has 0 aliphatic carbocycles. The summed E-state index contributed by atoms with van der Waals surface area (Å²) in [4.78, 5) is 24.4. The third kappa shape index (κ3) is 3.29. The van der Waals surface area contributed by atoms with Crippen molar-refractivity contribution in [2.24, 2.45) is 0 Å². The number of hydrogen-bond acceptors (Lipinski definition) is 5. The van der Waals surface area contributed by atoms with Crippen LogP contribution in [0.5, 0.6) is 11.5 Å². The van der Waals surface area contributed by atoms with Crippen molar-refractivity contribution in [3.8, 4) is 11.5 Å². The van der Waals surface area contributed by atoms with Crippen LogP contribution in [0.1, 0.15) is 5.56 Å². The van der Waals surface area contributed by atoms with Crippen LogP contribution in [0.3, 0.4) is 0 Å². The molecule has 0 atom stereocenters. The number of rotatable bonds is 4. The number of anilines is 1. The number of hydrogen-bond donors (Lipinski definition) is 0. The molecule has 1 heterocycles. The summed E-state index contributed by atoms with van der Waals surface area (Å²) in [6.45, 7) is 2.48. The van der Waals surface area contributed by atoms with Gasteiger partial charge in [-0.15, -0.1) is 0 Å². The highest BCUT2D eigenvalue weighted by Gasteiger charge is 2.26. The van der Waals surface area contributed by atoms with Gasteiger partial charge in [-0.1, -0.05) is 17.7 Å². The molecule has 2 aromatic rings. The molecule has 0 unspecified atom stereocenters. The molecular formula is C17H16N2O5. The number of amides is 1. The summed E-state index contributed by atoms with van der Waals surface area (Å²) < 4.78 is 11.0. The first-order valence-corrected chi connectivity index (χ1v) is 7.45. The first kappa shape index (κ1) is 15.8. The van der Waals surface area contributed by atoms with Gasteiger partial charge in [0.15, 0.2) is 6.61 Å². The van der Waals surface area contributed by atoms with Gasteiger partial charge in [-0.05, 0) is 25.1 Å². The molecular weight excluding hydrogens is 312 g/mol. The van der Waals surface area contributed by atoms with Gasteiger partial charge in [-0.3, -0.25) is 14.9 Å². The number of carbonyl (C=O) groups is 1. The first-order chi connectivity index (χ1) is 11.5. The van der Waals surface area contributed by atoms with Gasteiger partial charge in [0.25, 0.3) is 11.6 Å². The van der Waals surface area contributed by atoms with Crippen LogP contribution >= 0.6 is 0 Å². The molecule has 0 spiro atoms. The van der Waals surface area contributed by atoms with E-state index >= 15 is 0 Å². The molecule has 1 aliphatic heterocycles. The van der Waals surface area contributed by atoms with Crippen molar-refractivity contribution in [2.75, 3.05) is 24.7 Å². The molecule has 7 nitrogen and oxygen atoms in total. The maximum atomic E-state index is 12.5. The van der Waals surface area contributed by atoms with Gasteiger partial charge >= 0.3 is 0 Å². The smallest absolute Gasteiger partial charge is 0.271 e. The maximum absolute atomic E-state index is 12.5. The fourth-order valence-electron chi connectivity index (χ4n) is 2.44. The third-order valence-electron chi connectivity index (χ3n) is 3.70. The van der Waals surface area contributed by atoms with E-state index in [9.17, 15) is 14.9 Å². The molecule has 0 saturated carbocycles. The largest absolute Gasteiger partial charge is 0.490 e. The van der Waals surface area contributed by atoms with E-state index in [1.165, 1.54) is 23.1 Å². The minimum Gasteiger partial charge on any atom is -0.490 e. The zero-order valence-electron chi connectivity index (χ0n) is 13.1. The molecule has 0 N–H and O–H groups in total. The van der Waals surface area contributed by atoms with E-state index in [1.54, 1.807) is 12.1 Å². The summed E-state index contributed by atoms with van der Waals surface area (Å²) >= 11 is 0. The molecule has 7 heteroatoms. The van der Waals surface area contributed by atoms with Gasteiger partial charge in [0, 0.05) is 12.1 Å². The van der Waals surface area contributed by atoms with Crippen molar-refractivity contribution in [1.29, 1.82) is 0 Å². The van der Waals surface area contributed by atoms with Crippen LogP contribution in [0.4, 0.5) is 11.4 Å². The second-order valence-corrected chi connectivity index (χ2v) is 5.40. The molecule has 0 aromatic heterocycles. The zero-order chi connectivity index (χ0) is 17.1. The second kappa shape index (κ2) is 6.57. The quantitative estimate of drug-likeness (QED) is 0.636. The normalized spacial score (nSPS) is 13.0. The van der Waals surface area contributed by atoms with Crippen molar-refractivity contribution in [1.82, 2.24) is 0 Å². The number of non-ortho nitro benzene ring substituents is 1. The lowest BCUT2D eigenvalue weighted by molar-refractivity contribution is -0.384. The van der Waals surface area contributed by atoms with Crippen LogP contribution in [0.2, 0.25) is 0 Å². The van der Waals surface area contributed by atoms with Crippen molar-refractivity contribution in [3.63, 3.8) is 0 Å². The molecule has 1 amide bonds.